The van der Waals surface area contributed by atoms with Crippen LogP contribution in [-0.2, 0) is 0 Å². The molecule has 0 unspecified atom stereocenters. The van der Waals surface area contributed by atoms with Crippen LogP contribution >= 0.6 is 11.6 Å². The van der Waals surface area contributed by atoms with E-state index in [0.29, 0.717) is 10.9 Å². The molecule has 0 aliphatic heterocycles. The first-order chi connectivity index (χ1) is 12.1. The summed E-state index contributed by atoms with van der Waals surface area (Å²) in [6, 6.07) is 7.53. The largest absolute Gasteiger partial charge is 0.393 e. The van der Waals surface area contributed by atoms with E-state index in [2.05, 4.69) is 15.4 Å². The average Bonchev–Trinajstić information content (AvgIpc) is 3.36. The number of hydrogen-bond donors (Lipinski definition) is 2. The van der Waals surface area contributed by atoms with Crippen molar-refractivity contribution in [3.63, 3.8) is 0 Å². The van der Waals surface area contributed by atoms with E-state index in [-0.39, 0.29) is 23.9 Å². The Balaban J connectivity index is 1.57. The van der Waals surface area contributed by atoms with Crippen LogP contribution in [0.3, 0.4) is 0 Å². The van der Waals surface area contributed by atoms with Gasteiger partial charge < -0.3 is 10.4 Å². The minimum Gasteiger partial charge on any atom is -0.393 e. The fraction of sp³-hybridized carbons (Fsp3) is 0.500. The van der Waals surface area contributed by atoms with Crippen molar-refractivity contribution in [3.05, 3.63) is 40.9 Å². The van der Waals surface area contributed by atoms with Gasteiger partial charge in [0.1, 0.15) is 5.82 Å². The molecule has 1 aromatic carbocycles. The van der Waals surface area contributed by atoms with E-state index < -0.39 is 0 Å². The summed E-state index contributed by atoms with van der Waals surface area (Å²) < 4.78 is 1.71. The van der Waals surface area contributed by atoms with Gasteiger partial charge in [0.25, 0.3) is 5.91 Å². The lowest BCUT2D eigenvalue weighted by Crippen LogP contribution is -2.39. The fourth-order valence-electron chi connectivity index (χ4n) is 3.30. The molecule has 0 saturated heterocycles. The van der Waals surface area contributed by atoms with Crippen LogP contribution in [0.2, 0.25) is 5.02 Å². The molecule has 2 aliphatic rings. The third-order valence-corrected chi connectivity index (χ3v) is 5.21. The molecule has 6 nitrogen and oxygen atoms in total. The summed E-state index contributed by atoms with van der Waals surface area (Å²) in [5, 5.41) is 17.6. The van der Waals surface area contributed by atoms with Crippen LogP contribution in [0.4, 0.5) is 0 Å². The van der Waals surface area contributed by atoms with Crippen LogP contribution in [0.5, 0.6) is 0 Å². The van der Waals surface area contributed by atoms with Crippen LogP contribution in [-0.4, -0.2) is 37.9 Å². The summed E-state index contributed by atoms with van der Waals surface area (Å²) in [5.41, 5.74) is 0.749. The van der Waals surface area contributed by atoms with E-state index in [1.165, 1.54) is 0 Å². The van der Waals surface area contributed by atoms with Crippen molar-refractivity contribution in [3.8, 4) is 5.69 Å². The van der Waals surface area contributed by atoms with Gasteiger partial charge in [0.05, 0.1) is 16.8 Å². The number of amides is 1. The molecule has 132 valence electrons. The Morgan fingerprint density at radius 2 is 1.88 bits per heavy atom. The highest BCUT2D eigenvalue weighted by Crippen LogP contribution is 2.40. The number of carbonyl (C=O) groups excluding carboxylic acids is 1. The second-order valence-electron chi connectivity index (χ2n) is 6.91. The van der Waals surface area contributed by atoms with Gasteiger partial charge in [-0.25, -0.2) is 9.67 Å². The first kappa shape index (κ1) is 16.5. The maximum Gasteiger partial charge on any atom is 0.291 e. The van der Waals surface area contributed by atoms with Gasteiger partial charge in [0, 0.05) is 12.0 Å². The number of aliphatic hydroxyl groups excluding tert-OH is 1. The molecule has 0 bridgehead atoms. The Kier molecular flexibility index (Phi) is 4.48. The molecule has 2 aromatic rings. The normalized spacial score (nSPS) is 23.4. The molecule has 4 rings (SSSR count). The number of para-hydroxylation sites is 1. The summed E-state index contributed by atoms with van der Waals surface area (Å²) in [7, 11) is 0. The molecule has 7 heteroatoms. The predicted octanol–water partition coefficient (Wildman–Crippen LogP) is 2.83. The Labute approximate surface area is 151 Å². The molecule has 0 spiro atoms. The van der Waals surface area contributed by atoms with Crippen LogP contribution in [0.25, 0.3) is 5.69 Å². The lowest BCUT2D eigenvalue weighted by molar-refractivity contribution is 0.0858. The van der Waals surface area contributed by atoms with Crippen molar-refractivity contribution in [1.82, 2.24) is 20.1 Å². The van der Waals surface area contributed by atoms with Crippen molar-refractivity contribution in [2.45, 2.75) is 56.6 Å². The van der Waals surface area contributed by atoms with Gasteiger partial charge in [0.2, 0.25) is 5.82 Å². The van der Waals surface area contributed by atoms with Gasteiger partial charge in [-0.3, -0.25) is 4.79 Å². The summed E-state index contributed by atoms with van der Waals surface area (Å²) in [6.07, 6.45) is 4.89. The molecular formula is C18H21ClN4O2. The fourth-order valence-corrected chi connectivity index (χ4v) is 3.51. The van der Waals surface area contributed by atoms with E-state index in [1.807, 2.05) is 24.3 Å². The SMILES string of the molecule is O=C(NC1CCC(O)CC1)c1nc(C2CC2)n(-c2ccccc2Cl)n1. The second kappa shape index (κ2) is 6.77. The minimum absolute atomic E-state index is 0.0764. The summed E-state index contributed by atoms with van der Waals surface area (Å²) in [6.45, 7) is 0. The van der Waals surface area contributed by atoms with Crippen molar-refractivity contribution in [2.24, 2.45) is 0 Å². The first-order valence-corrected chi connectivity index (χ1v) is 9.20. The Morgan fingerprint density at radius 3 is 2.56 bits per heavy atom. The maximum absolute atomic E-state index is 12.6. The van der Waals surface area contributed by atoms with Crippen LogP contribution in [0, 0.1) is 0 Å². The zero-order valence-corrected chi connectivity index (χ0v) is 14.6. The summed E-state index contributed by atoms with van der Waals surface area (Å²) >= 11 is 6.30. The number of aromatic nitrogens is 3. The van der Waals surface area contributed by atoms with Crippen LogP contribution < -0.4 is 5.32 Å². The van der Waals surface area contributed by atoms with Gasteiger partial charge in [0.15, 0.2) is 0 Å². The molecule has 2 saturated carbocycles. The third kappa shape index (κ3) is 3.55. The van der Waals surface area contributed by atoms with E-state index in [9.17, 15) is 9.90 Å². The van der Waals surface area contributed by atoms with Crippen molar-refractivity contribution in [1.29, 1.82) is 0 Å². The Morgan fingerprint density at radius 1 is 1.16 bits per heavy atom. The first-order valence-electron chi connectivity index (χ1n) is 8.82. The lowest BCUT2D eigenvalue weighted by Gasteiger charge is -2.25. The molecule has 2 fully saturated rings. The third-order valence-electron chi connectivity index (χ3n) is 4.89. The topological polar surface area (TPSA) is 80.0 Å². The maximum atomic E-state index is 12.6. The smallest absolute Gasteiger partial charge is 0.291 e. The highest BCUT2D eigenvalue weighted by Gasteiger charge is 2.32. The zero-order chi connectivity index (χ0) is 17.4. The van der Waals surface area contributed by atoms with Gasteiger partial charge in [-0.15, -0.1) is 5.10 Å². The standard InChI is InChI=1S/C18H21ClN4O2/c19-14-3-1-2-4-15(14)23-17(11-5-6-11)21-16(22-23)18(25)20-12-7-9-13(24)10-8-12/h1-4,11-13,24H,5-10H2,(H,20,25). The lowest BCUT2D eigenvalue weighted by atomic mass is 9.93. The molecule has 1 aromatic heterocycles. The number of halogens is 1. The van der Waals surface area contributed by atoms with Crippen molar-refractivity contribution < 1.29 is 9.90 Å². The highest BCUT2D eigenvalue weighted by atomic mass is 35.5. The number of rotatable bonds is 4. The predicted molar refractivity (Wildman–Crippen MR) is 94.1 cm³/mol. The highest BCUT2D eigenvalue weighted by molar-refractivity contribution is 6.32. The number of aliphatic hydroxyl groups is 1. The molecule has 0 atom stereocenters. The van der Waals surface area contributed by atoms with E-state index in [1.54, 1.807) is 4.68 Å². The molecule has 2 N–H and O–H groups in total. The number of nitrogens with zero attached hydrogens (tertiary/aromatic N) is 3. The molecule has 1 heterocycles. The van der Waals surface area contributed by atoms with E-state index in [0.717, 1.165) is 50.0 Å². The van der Waals surface area contributed by atoms with Gasteiger partial charge >= 0.3 is 0 Å². The number of carbonyl (C=O) groups is 1. The summed E-state index contributed by atoms with van der Waals surface area (Å²) in [5.74, 6) is 1.08. The number of nitrogens with one attached hydrogen (secondary N) is 1. The van der Waals surface area contributed by atoms with Crippen LogP contribution in [0.15, 0.2) is 24.3 Å². The molecule has 25 heavy (non-hydrogen) atoms. The second-order valence-corrected chi connectivity index (χ2v) is 7.32. The van der Waals surface area contributed by atoms with E-state index in [4.69, 9.17) is 11.6 Å². The Bertz CT molecular complexity index is 779. The Hall–Kier alpha value is -1.92. The van der Waals surface area contributed by atoms with E-state index >= 15 is 0 Å². The molecular weight excluding hydrogens is 340 g/mol. The number of benzene rings is 1. The zero-order valence-electron chi connectivity index (χ0n) is 13.9. The quantitative estimate of drug-likeness (QED) is 0.878. The number of hydrogen-bond acceptors (Lipinski definition) is 4. The molecule has 1 amide bonds. The summed E-state index contributed by atoms with van der Waals surface area (Å²) in [4.78, 5) is 17.1. The van der Waals surface area contributed by atoms with Crippen molar-refractivity contribution >= 4 is 17.5 Å². The minimum atomic E-state index is -0.255. The average molecular weight is 361 g/mol. The van der Waals surface area contributed by atoms with Gasteiger partial charge in [-0.1, -0.05) is 23.7 Å². The van der Waals surface area contributed by atoms with Crippen molar-refractivity contribution in [2.75, 3.05) is 0 Å². The van der Waals surface area contributed by atoms with Gasteiger partial charge in [-0.2, -0.15) is 0 Å². The van der Waals surface area contributed by atoms with Crippen LogP contribution in [0.1, 0.15) is 60.9 Å². The van der Waals surface area contributed by atoms with Gasteiger partial charge in [-0.05, 0) is 50.7 Å². The molecule has 2 aliphatic carbocycles. The monoisotopic (exact) mass is 360 g/mol. The molecule has 0 radical (unpaired) electrons.